The van der Waals surface area contributed by atoms with Gasteiger partial charge in [0.2, 0.25) is 0 Å². The molecule has 0 aliphatic rings. The van der Waals surface area contributed by atoms with Crippen LogP contribution in [0.25, 0.3) is 0 Å². The minimum atomic E-state index is 0.199. The van der Waals surface area contributed by atoms with Crippen molar-refractivity contribution in [2.24, 2.45) is 0 Å². The number of hydrogen-bond acceptors (Lipinski definition) is 2. The average Bonchev–Trinajstić information content (AvgIpc) is 2.50. The van der Waals surface area contributed by atoms with Crippen molar-refractivity contribution >= 4 is 23.1 Å². The predicted molar refractivity (Wildman–Crippen MR) is 97.3 cm³/mol. The molecule has 22 heavy (non-hydrogen) atoms. The summed E-state index contributed by atoms with van der Waals surface area (Å²) in [5.74, 6) is 0.762. The van der Waals surface area contributed by atoms with Crippen LogP contribution >= 0.6 is 12.2 Å². The Morgan fingerprint density at radius 2 is 1.91 bits per heavy atom. The molecule has 4 heteroatoms. The third-order valence-corrected chi connectivity index (χ3v) is 4.02. The van der Waals surface area contributed by atoms with Crippen LogP contribution < -0.4 is 10.6 Å². The molecule has 2 rings (SSSR count). The van der Waals surface area contributed by atoms with Crippen LogP contribution in [-0.2, 0) is 0 Å². The lowest BCUT2D eigenvalue weighted by Gasteiger charge is -2.20. The van der Waals surface area contributed by atoms with Gasteiger partial charge < -0.3 is 10.6 Å². The quantitative estimate of drug-likeness (QED) is 0.818. The van der Waals surface area contributed by atoms with Crippen molar-refractivity contribution in [2.75, 3.05) is 5.32 Å². The van der Waals surface area contributed by atoms with Gasteiger partial charge in [0.05, 0.1) is 6.04 Å². The maximum Gasteiger partial charge on any atom is 0.172 e. The van der Waals surface area contributed by atoms with Gasteiger partial charge in [-0.05, 0) is 67.7 Å². The van der Waals surface area contributed by atoms with E-state index in [4.69, 9.17) is 12.2 Å². The van der Waals surface area contributed by atoms with Crippen LogP contribution in [0.15, 0.2) is 36.5 Å². The van der Waals surface area contributed by atoms with E-state index >= 15 is 0 Å². The lowest BCUT2D eigenvalue weighted by atomic mass is 9.99. The van der Waals surface area contributed by atoms with Crippen LogP contribution in [0.4, 0.5) is 5.82 Å². The van der Waals surface area contributed by atoms with E-state index in [0.717, 1.165) is 17.8 Å². The summed E-state index contributed by atoms with van der Waals surface area (Å²) in [7, 11) is 0. The molecule has 0 spiro atoms. The summed E-state index contributed by atoms with van der Waals surface area (Å²) < 4.78 is 0. The normalized spacial score (nSPS) is 11.8. The first kappa shape index (κ1) is 16.4. The van der Waals surface area contributed by atoms with Crippen LogP contribution in [0.5, 0.6) is 0 Å². The molecule has 1 aromatic heterocycles. The van der Waals surface area contributed by atoms with Crippen molar-refractivity contribution < 1.29 is 0 Å². The summed E-state index contributed by atoms with van der Waals surface area (Å²) in [4.78, 5) is 4.31. The van der Waals surface area contributed by atoms with Gasteiger partial charge in [-0.25, -0.2) is 4.98 Å². The fourth-order valence-electron chi connectivity index (χ4n) is 2.25. The second-order valence-electron chi connectivity index (χ2n) is 5.62. The van der Waals surface area contributed by atoms with Crippen molar-refractivity contribution in [1.29, 1.82) is 0 Å². The number of anilines is 1. The smallest absolute Gasteiger partial charge is 0.172 e. The first-order valence-electron chi connectivity index (χ1n) is 7.57. The Labute approximate surface area is 138 Å². The molecule has 0 saturated heterocycles. The van der Waals surface area contributed by atoms with Gasteiger partial charge in [0.15, 0.2) is 5.11 Å². The molecule has 0 bridgehead atoms. The number of aromatic nitrogens is 1. The van der Waals surface area contributed by atoms with Crippen LogP contribution in [-0.4, -0.2) is 10.1 Å². The van der Waals surface area contributed by atoms with Gasteiger partial charge in [0.25, 0.3) is 0 Å². The molecule has 0 aliphatic heterocycles. The summed E-state index contributed by atoms with van der Waals surface area (Å²) in [5.41, 5.74) is 5.00. The summed E-state index contributed by atoms with van der Waals surface area (Å²) in [6.07, 6.45) is 2.79. The molecule has 1 aromatic carbocycles. The Bertz CT molecular complexity index is 650. The average molecular weight is 313 g/mol. The van der Waals surface area contributed by atoms with E-state index in [2.05, 4.69) is 54.6 Å². The predicted octanol–water partition coefficient (Wildman–Crippen LogP) is 4.44. The van der Waals surface area contributed by atoms with Crippen molar-refractivity contribution in [3.05, 3.63) is 58.8 Å². The van der Waals surface area contributed by atoms with E-state index in [1.54, 1.807) is 0 Å². The van der Waals surface area contributed by atoms with Gasteiger partial charge in [-0.3, -0.25) is 0 Å². The second kappa shape index (κ2) is 7.36. The minimum absolute atomic E-state index is 0.199. The first-order chi connectivity index (χ1) is 10.5. The zero-order valence-corrected chi connectivity index (χ0v) is 14.4. The highest BCUT2D eigenvalue weighted by Crippen LogP contribution is 2.20. The standard InChI is InChI=1S/C18H23N3S/c1-5-16(15-8-7-13(3)14(4)10-15)20-18(22)21-17-9-6-12(2)11-19-17/h6-11,16H,5H2,1-4H3,(H2,19,20,21,22). The maximum absolute atomic E-state index is 5.41. The monoisotopic (exact) mass is 313 g/mol. The summed E-state index contributed by atoms with van der Waals surface area (Å²) in [5, 5.41) is 7.11. The van der Waals surface area contributed by atoms with Gasteiger partial charge in [0, 0.05) is 6.20 Å². The van der Waals surface area contributed by atoms with Crippen molar-refractivity contribution in [3.63, 3.8) is 0 Å². The number of thiocarbonyl (C=S) groups is 1. The molecule has 2 N–H and O–H groups in total. The molecule has 116 valence electrons. The SMILES string of the molecule is CCC(NC(=S)Nc1ccc(C)cn1)c1ccc(C)c(C)c1. The van der Waals surface area contributed by atoms with Gasteiger partial charge in [-0.15, -0.1) is 0 Å². The fraction of sp³-hybridized carbons (Fsp3) is 0.333. The van der Waals surface area contributed by atoms with E-state index in [1.807, 2.05) is 25.3 Å². The first-order valence-corrected chi connectivity index (χ1v) is 7.97. The molecule has 1 heterocycles. The minimum Gasteiger partial charge on any atom is -0.356 e. The molecule has 2 aromatic rings. The van der Waals surface area contributed by atoms with Crippen LogP contribution in [0.2, 0.25) is 0 Å². The molecular formula is C18H23N3S. The lowest BCUT2D eigenvalue weighted by Crippen LogP contribution is -2.32. The molecular weight excluding hydrogens is 290 g/mol. The molecule has 0 amide bonds. The Hall–Kier alpha value is -1.94. The fourth-order valence-corrected chi connectivity index (χ4v) is 2.50. The number of rotatable bonds is 4. The molecule has 1 unspecified atom stereocenters. The van der Waals surface area contributed by atoms with E-state index in [0.29, 0.717) is 5.11 Å². The van der Waals surface area contributed by atoms with Gasteiger partial charge in [0.1, 0.15) is 5.82 Å². The third kappa shape index (κ3) is 4.28. The number of nitrogens with zero attached hydrogens (tertiary/aromatic N) is 1. The van der Waals surface area contributed by atoms with E-state index in [-0.39, 0.29) is 6.04 Å². The van der Waals surface area contributed by atoms with E-state index in [9.17, 15) is 0 Å². The van der Waals surface area contributed by atoms with Gasteiger partial charge >= 0.3 is 0 Å². The van der Waals surface area contributed by atoms with Crippen LogP contribution in [0.1, 0.15) is 41.6 Å². The largest absolute Gasteiger partial charge is 0.356 e. The van der Waals surface area contributed by atoms with Gasteiger partial charge in [-0.2, -0.15) is 0 Å². The number of benzene rings is 1. The number of aryl methyl sites for hydroxylation is 3. The van der Waals surface area contributed by atoms with Gasteiger partial charge in [-0.1, -0.05) is 31.2 Å². The highest BCUT2D eigenvalue weighted by atomic mass is 32.1. The Kier molecular flexibility index (Phi) is 5.50. The van der Waals surface area contributed by atoms with Crippen molar-refractivity contribution in [3.8, 4) is 0 Å². The zero-order valence-electron chi connectivity index (χ0n) is 13.6. The zero-order chi connectivity index (χ0) is 16.1. The van der Waals surface area contributed by atoms with E-state index < -0.39 is 0 Å². The van der Waals surface area contributed by atoms with Crippen LogP contribution in [0.3, 0.4) is 0 Å². The number of hydrogen-bond donors (Lipinski definition) is 2. The lowest BCUT2D eigenvalue weighted by molar-refractivity contribution is 0.628. The maximum atomic E-state index is 5.41. The molecule has 3 nitrogen and oxygen atoms in total. The summed E-state index contributed by atoms with van der Waals surface area (Å²) >= 11 is 5.41. The molecule has 0 saturated carbocycles. The topological polar surface area (TPSA) is 37.0 Å². The number of pyridine rings is 1. The molecule has 1 atom stereocenters. The number of nitrogens with one attached hydrogen (secondary N) is 2. The molecule has 0 aliphatic carbocycles. The van der Waals surface area contributed by atoms with Crippen molar-refractivity contribution in [2.45, 2.75) is 40.2 Å². The Morgan fingerprint density at radius 3 is 2.50 bits per heavy atom. The van der Waals surface area contributed by atoms with E-state index in [1.165, 1.54) is 16.7 Å². The van der Waals surface area contributed by atoms with Crippen LogP contribution in [0, 0.1) is 20.8 Å². The highest BCUT2D eigenvalue weighted by Gasteiger charge is 2.11. The third-order valence-electron chi connectivity index (χ3n) is 3.80. The highest BCUT2D eigenvalue weighted by molar-refractivity contribution is 7.80. The molecule has 0 radical (unpaired) electrons. The second-order valence-corrected chi connectivity index (χ2v) is 6.03. The Morgan fingerprint density at radius 1 is 1.14 bits per heavy atom. The van der Waals surface area contributed by atoms with Crippen molar-refractivity contribution in [1.82, 2.24) is 10.3 Å². The summed E-state index contributed by atoms with van der Waals surface area (Å²) in [6.45, 7) is 8.43. The molecule has 0 fully saturated rings. The Balaban J connectivity index is 2.04. The summed E-state index contributed by atoms with van der Waals surface area (Å²) in [6, 6.07) is 10.7.